The first-order chi connectivity index (χ1) is 16.8. The maximum atomic E-state index is 14.7. The second-order valence-electron chi connectivity index (χ2n) is 7.63. The largest absolute Gasteiger partial charge is 0.497 e. The Labute approximate surface area is 203 Å². The second-order valence-corrected chi connectivity index (χ2v) is 8.02. The Morgan fingerprint density at radius 1 is 1.23 bits per heavy atom. The van der Waals surface area contributed by atoms with Crippen LogP contribution in [0.25, 0.3) is 10.9 Å². The first-order valence-corrected chi connectivity index (χ1v) is 10.8. The molecule has 9 nitrogen and oxygen atoms in total. The summed E-state index contributed by atoms with van der Waals surface area (Å²) in [5.74, 6) is -3.91. The van der Waals surface area contributed by atoms with Gasteiger partial charge in [0.2, 0.25) is 5.91 Å². The molecule has 0 aliphatic carbocycles. The van der Waals surface area contributed by atoms with Crippen LogP contribution in [0.5, 0.6) is 5.75 Å². The molecule has 0 saturated carbocycles. The Morgan fingerprint density at radius 2 is 2.06 bits per heavy atom. The van der Waals surface area contributed by atoms with E-state index in [1.165, 1.54) is 25.3 Å². The van der Waals surface area contributed by atoms with Crippen molar-refractivity contribution in [3.63, 3.8) is 0 Å². The molecule has 182 valence electrons. The molecule has 1 aromatic carbocycles. The number of halogens is 3. The van der Waals surface area contributed by atoms with Gasteiger partial charge in [0.15, 0.2) is 5.82 Å². The summed E-state index contributed by atoms with van der Waals surface area (Å²) in [6.07, 6.45) is 4.55. The van der Waals surface area contributed by atoms with Gasteiger partial charge in [0.05, 0.1) is 43.8 Å². The standard InChI is InChI=1S/C23H21ClF2N6O3/c1-35-17-4-2-3-15(8-17)23(25,26)13-31-21-22(34)32(19(24)11-30-21)12-20(33)29-9-16-7-14-5-6-27-18(14)10-28-16/h2-8,10-11,27H,9,12-13H2,1H3,(H,29,33)(H,30,31). The molecule has 4 aromatic rings. The van der Waals surface area contributed by atoms with Gasteiger partial charge in [0.25, 0.3) is 11.5 Å². The molecule has 0 bridgehead atoms. The number of amides is 1. The van der Waals surface area contributed by atoms with Crippen molar-refractivity contribution in [2.45, 2.75) is 19.0 Å². The summed E-state index contributed by atoms with van der Waals surface area (Å²) in [7, 11) is 1.38. The van der Waals surface area contributed by atoms with E-state index in [1.54, 1.807) is 18.5 Å². The normalized spacial score (nSPS) is 11.4. The van der Waals surface area contributed by atoms with Crippen LogP contribution in [0.1, 0.15) is 11.3 Å². The van der Waals surface area contributed by atoms with E-state index in [0.29, 0.717) is 5.69 Å². The summed E-state index contributed by atoms with van der Waals surface area (Å²) >= 11 is 6.05. The van der Waals surface area contributed by atoms with Crippen molar-refractivity contribution in [1.29, 1.82) is 0 Å². The van der Waals surface area contributed by atoms with E-state index in [1.807, 2.05) is 12.1 Å². The number of alkyl halides is 2. The van der Waals surface area contributed by atoms with Crippen molar-refractivity contribution < 1.29 is 18.3 Å². The number of aromatic nitrogens is 4. The van der Waals surface area contributed by atoms with E-state index in [0.717, 1.165) is 21.7 Å². The van der Waals surface area contributed by atoms with Crippen molar-refractivity contribution in [1.82, 2.24) is 24.8 Å². The molecule has 0 saturated heterocycles. The van der Waals surface area contributed by atoms with Gasteiger partial charge in [-0.15, -0.1) is 0 Å². The van der Waals surface area contributed by atoms with Crippen LogP contribution in [0.3, 0.4) is 0 Å². The van der Waals surface area contributed by atoms with E-state index < -0.39 is 30.5 Å². The van der Waals surface area contributed by atoms with Crippen molar-refractivity contribution in [3.05, 3.63) is 81.8 Å². The number of methoxy groups -OCH3 is 1. The van der Waals surface area contributed by atoms with E-state index in [2.05, 4.69) is 25.6 Å². The minimum absolute atomic E-state index is 0.109. The van der Waals surface area contributed by atoms with Crippen LogP contribution in [-0.2, 0) is 23.8 Å². The van der Waals surface area contributed by atoms with Gasteiger partial charge in [-0.05, 0) is 24.3 Å². The fourth-order valence-electron chi connectivity index (χ4n) is 3.37. The van der Waals surface area contributed by atoms with Gasteiger partial charge in [-0.25, -0.2) is 4.98 Å². The minimum atomic E-state index is -3.32. The summed E-state index contributed by atoms with van der Waals surface area (Å²) < 4.78 is 35.3. The molecular weight excluding hydrogens is 482 g/mol. The zero-order chi connectivity index (χ0) is 25.0. The number of carbonyl (C=O) groups is 1. The zero-order valence-corrected chi connectivity index (χ0v) is 19.3. The first kappa shape index (κ1) is 24.1. The lowest BCUT2D eigenvalue weighted by atomic mass is 10.1. The predicted octanol–water partition coefficient (Wildman–Crippen LogP) is 3.30. The van der Waals surface area contributed by atoms with Gasteiger partial charge in [0.1, 0.15) is 17.4 Å². The smallest absolute Gasteiger partial charge is 0.294 e. The lowest BCUT2D eigenvalue weighted by molar-refractivity contribution is -0.121. The van der Waals surface area contributed by atoms with Gasteiger partial charge in [0, 0.05) is 17.1 Å². The average Bonchev–Trinajstić information content (AvgIpc) is 3.33. The Kier molecular flexibility index (Phi) is 6.97. The molecule has 0 fully saturated rings. The molecule has 4 rings (SSSR count). The maximum Gasteiger partial charge on any atom is 0.294 e. The molecule has 12 heteroatoms. The van der Waals surface area contributed by atoms with E-state index in [4.69, 9.17) is 16.3 Å². The van der Waals surface area contributed by atoms with Crippen molar-refractivity contribution in [3.8, 4) is 5.75 Å². The summed E-state index contributed by atoms with van der Waals surface area (Å²) in [5, 5.41) is 5.86. The third kappa shape index (κ3) is 5.57. The summed E-state index contributed by atoms with van der Waals surface area (Å²) in [5.41, 5.74) is 0.401. The van der Waals surface area contributed by atoms with Crippen LogP contribution in [0.15, 0.2) is 59.8 Å². The fraction of sp³-hybridized carbons (Fsp3) is 0.217. The number of carbonyl (C=O) groups excluding carboxylic acids is 1. The lowest BCUT2D eigenvalue weighted by Gasteiger charge is -2.18. The molecule has 0 spiro atoms. The number of hydrogen-bond donors (Lipinski definition) is 3. The Bertz CT molecular complexity index is 1420. The summed E-state index contributed by atoms with van der Waals surface area (Å²) in [4.78, 5) is 36.3. The van der Waals surface area contributed by atoms with Crippen LogP contribution in [-0.4, -0.2) is 39.1 Å². The molecule has 0 aliphatic rings. The number of nitrogens with one attached hydrogen (secondary N) is 3. The maximum absolute atomic E-state index is 14.7. The number of anilines is 1. The third-order valence-corrected chi connectivity index (χ3v) is 5.54. The third-order valence-electron chi connectivity index (χ3n) is 5.24. The quantitative estimate of drug-likeness (QED) is 0.323. The van der Waals surface area contributed by atoms with Crippen LogP contribution in [0, 0.1) is 0 Å². The molecule has 3 N–H and O–H groups in total. The topological polar surface area (TPSA) is 114 Å². The highest BCUT2D eigenvalue weighted by Gasteiger charge is 2.32. The Balaban J connectivity index is 1.42. The monoisotopic (exact) mass is 502 g/mol. The SMILES string of the molecule is COc1cccc(C(F)(F)CNc2ncc(Cl)n(CC(=O)NCc3cc4cc[nH]c4cn3)c2=O)c1. The number of fused-ring (bicyclic) bond motifs is 1. The Hall–Kier alpha value is -3.99. The molecular formula is C23H21ClF2N6O3. The number of pyridine rings is 1. The first-order valence-electron chi connectivity index (χ1n) is 10.5. The van der Waals surface area contributed by atoms with Gasteiger partial charge in [-0.2, -0.15) is 8.78 Å². The molecule has 0 unspecified atom stereocenters. The second kappa shape index (κ2) is 10.1. The highest BCUT2D eigenvalue weighted by molar-refractivity contribution is 6.29. The van der Waals surface area contributed by atoms with Crippen molar-refractivity contribution in [2.24, 2.45) is 0 Å². The van der Waals surface area contributed by atoms with Gasteiger partial charge in [-0.3, -0.25) is 19.1 Å². The van der Waals surface area contributed by atoms with Gasteiger partial charge < -0.3 is 20.4 Å². The summed E-state index contributed by atoms with van der Waals surface area (Å²) in [6, 6.07) is 9.16. The van der Waals surface area contributed by atoms with Crippen molar-refractivity contribution in [2.75, 3.05) is 19.0 Å². The highest BCUT2D eigenvalue weighted by Crippen LogP contribution is 2.30. The number of aromatic amines is 1. The molecule has 35 heavy (non-hydrogen) atoms. The predicted molar refractivity (Wildman–Crippen MR) is 127 cm³/mol. The average molecular weight is 503 g/mol. The molecule has 1 amide bonds. The number of rotatable bonds is 9. The number of ether oxygens (including phenoxy) is 1. The van der Waals surface area contributed by atoms with Crippen molar-refractivity contribution >= 4 is 34.2 Å². The fourth-order valence-corrected chi connectivity index (χ4v) is 3.55. The summed E-state index contributed by atoms with van der Waals surface area (Å²) in [6.45, 7) is -1.19. The molecule has 3 aromatic heterocycles. The minimum Gasteiger partial charge on any atom is -0.497 e. The van der Waals surface area contributed by atoms with Crippen LogP contribution in [0.4, 0.5) is 14.6 Å². The molecule has 0 aliphatic heterocycles. The number of H-pyrrole nitrogens is 1. The number of hydrogen-bond acceptors (Lipinski definition) is 6. The Morgan fingerprint density at radius 3 is 2.86 bits per heavy atom. The van der Waals surface area contributed by atoms with Gasteiger partial charge >= 0.3 is 0 Å². The van der Waals surface area contributed by atoms with E-state index in [9.17, 15) is 18.4 Å². The van der Waals surface area contributed by atoms with E-state index in [-0.39, 0.29) is 28.8 Å². The van der Waals surface area contributed by atoms with Crippen LogP contribution >= 0.6 is 11.6 Å². The molecule has 0 radical (unpaired) electrons. The van der Waals surface area contributed by atoms with Gasteiger partial charge in [-0.1, -0.05) is 23.7 Å². The van der Waals surface area contributed by atoms with E-state index >= 15 is 0 Å². The molecule has 0 atom stereocenters. The zero-order valence-electron chi connectivity index (χ0n) is 18.5. The van der Waals surface area contributed by atoms with Crippen LogP contribution < -0.4 is 20.9 Å². The highest BCUT2D eigenvalue weighted by atomic mass is 35.5. The van der Waals surface area contributed by atoms with Crippen LogP contribution in [0.2, 0.25) is 5.15 Å². The molecule has 3 heterocycles. The number of benzene rings is 1. The lowest BCUT2D eigenvalue weighted by Crippen LogP contribution is -2.35. The number of nitrogens with zero attached hydrogens (tertiary/aromatic N) is 3.